The van der Waals surface area contributed by atoms with Gasteiger partial charge in [-0.15, -0.1) is 11.3 Å². The first-order valence-electron chi connectivity index (χ1n) is 9.74. The molecule has 0 bridgehead atoms. The number of likely N-dealkylation sites (N-methyl/N-ethyl adjacent to an activating group) is 1. The summed E-state index contributed by atoms with van der Waals surface area (Å²) in [7, 11) is 2.07. The van der Waals surface area contributed by atoms with E-state index in [2.05, 4.69) is 34.0 Å². The van der Waals surface area contributed by atoms with Gasteiger partial charge in [0.25, 0.3) is 0 Å². The fraction of sp³-hybridized carbons (Fsp3) is 0.125. The second kappa shape index (κ2) is 8.01. The maximum Gasteiger partial charge on any atom is 0.195 e. The van der Waals surface area contributed by atoms with Crippen molar-refractivity contribution >= 4 is 34.3 Å². The van der Waals surface area contributed by atoms with E-state index in [1.54, 1.807) is 11.3 Å². The van der Waals surface area contributed by atoms with E-state index in [0.717, 1.165) is 45.4 Å². The summed E-state index contributed by atoms with van der Waals surface area (Å²) in [6, 6.07) is 24.2. The molecule has 2 heterocycles. The van der Waals surface area contributed by atoms with Crippen LogP contribution in [0.3, 0.4) is 0 Å². The van der Waals surface area contributed by atoms with Crippen molar-refractivity contribution in [2.75, 3.05) is 25.1 Å². The molecule has 5 rings (SSSR count). The molecular weight excluding hydrogens is 414 g/mol. The third-order valence-corrected chi connectivity index (χ3v) is 6.14. The molecule has 0 saturated heterocycles. The van der Waals surface area contributed by atoms with Crippen LogP contribution in [0.15, 0.2) is 83.2 Å². The highest BCUT2D eigenvalue weighted by Crippen LogP contribution is 2.43. The van der Waals surface area contributed by atoms with Crippen molar-refractivity contribution in [2.45, 2.75) is 0 Å². The summed E-state index contributed by atoms with van der Waals surface area (Å²) in [5, 5.41) is 2.81. The number of aromatic nitrogens is 1. The SMILES string of the molecule is CN1CCOc2c(-c3csc(=Nc4ccccc4)n3-c3ccccc3)cc(Cl)cc21. The standard InChI is InChI=1S/C24H20ClN3OS/c1-27-12-13-29-23-20(14-17(25)15-21(23)27)22-16-30-24(26-18-8-4-2-5-9-18)28(22)19-10-6-3-7-11-19/h2-11,14-16H,12-13H2,1H3. The van der Waals surface area contributed by atoms with Crippen LogP contribution in [0.4, 0.5) is 11.4 Å². The highest BCUT2D eigenvalue weighted by atomic mass is 35.5. The number of halogens is 1. The van der Waals surface area contributed by atoms with Crippen LogP contribution in [0, 0.1) is 0 Å². The van der Waals surface area contributed by atoms with Crippen LogP contribution < -0.4 is 14.4 Å². The Morgan fingerprint density at radius 3 is 2.50 bits per heavy atom. The van der Waals surface area contributed by atoms with Crippen molar-refractivity contribution in [1.29, 1.82) is 0 Å². The molecule has 0 aliphatic carbocycles. The molecule has 1 aromatic heterocycles. The fourth-order valence-electron chi connectivity index (χ4n) is 3.63. The monoisotopic (exact) mass is 433 g/mol. The van der Waals surface area contributed by atoms with E-state index < -0.39 is 0 Å². The van der Waals surface area contributed by atoms with Crippen molar-refractivity contribution < 1.29 is 4.74 Å². The number of para-hydroxylation sites is 2. The Hall–Kier alpha value is -3.02. The molecule has 0 spiro atoms. The van der Waals surface area contributed by atoms with E-state index in [0.29, 0.717) is 11.6 Å². The topological polar surface area (TPSA) is 29.8 Å². The Morgan fingerprint density at radius 2 is 1.73 bits per heavy atom. The summed E-state index contributed by atoms with van der Waals surface area (Å²) in [5.41, 5.74) is 4.95. The van der Waals surface area contributed by atoms with Crippen molar-refractivity contribution in [2.24, 2.45) is 4.99 Å². The molecule has 0 saturated carbocycles. The minimum atomic E-state index is 0.648. The van der Waals surface area contributed by atoms with Crippen molar-refractivity contribution in [3.05, 3.63) is 88.0 Å². The van der Waals surface area contributed by atoms with Crippen LogP contribution in [0.25, 0.3) is 16.9 Å². The average Bonchev–Trinajstić information content (AvgIpc) is 3.18. The highest BCUT2D eigenvalue weighted by molar-refractivity contribution is 7.07. The van der Waals surface area contributed by atoms with Gasteiger partial charge in [-0.2, -0.15) is 0 Å². The molecule has 0 N–H and O–H groups in total. The first kappa shape index (κ1) is 19.0. The van der Waals surface area contributed by atoms with Gasteiger partial charge in [-0.05, 0) is 36.4 Å². The number of nitrogens with zero attached hydrogens (tertiary/aromatic N) is 3. The number of thiazole rings is 1. The van der Waals surface area contributed by atoms with E-state index >= 15 is 0 Å². The molecule has 0 fully saturated rings. The second-order valence-electron chi connectivity index (χ2n) is 7.09. The third kappa shape index (κ3) is 3.51. The summed E-state index contributed by atoms with van der Waals surface area (Å²) in [4.78, 5) is 7.98. The van der Waals surface area contributed by atoms with Gasteiger partial charge < -0.3 is 9.64 Å². The van der Waals surface area contributed by atoms with Crippen molar-refractivity contribution in [3.63, 3.8) is 0 Å². The summed E-state index contributed by atoms with van der Waals surface area (Å²) >= 11 is 8.12. The van der Waals surface area contributed by atoms with E-state index in [-0.39, 0.29) is 0 Å². The van der Waals surface area contributed by atoms with Gasteiger partial charge >= 0.3 is 0 Å². The Bertz CT molecular complexity index is 1250. The van der Waals surface area contributed by atoms with E-state index in [9.17, 15) is 0 Å². The van der Waals surface area contributed by atoms with Gasteiger partial charge in [0.1, 0.15) is 6.61 Å². The molecule has 0 amide bonds. The largest absolute Gasteiger partial charge is 0.489 e. The van der Waals surface area contributed by atoms with E-state index in [1.807, 2.05) is 60.7 Å². The smallest absolute Gasteiger partial charge is 0.195 e. The first-order valence-corrected chi connectivity index (χ1v) is 11.0. The van der Waals surface area contributed by atoms with Gasteiger partial charge in [0.2, 0.25) is 0 Å². The Kier molecular flexibility index (Phi) is 5.07. The van der Waals surface area contributed by atoms with Gasteiger partial charge in [0.15, 0.2) is 10.6 Å². The molecule has 1 aliphatic heterocycles. The van der Waals surface area contributed by atoms with Crippen molar-refractivity contribution in [3.8, 4) is 22.7 Å². The zero-order chi connectivity index (χ0) is 20.5. The van der Waals surface area contributed by atoms with Crippen LogP contribution in [0.2, 0.25) is 5.02 Å². The first-order chi connectivity index (χ1) is 14.7. The van der Waals surface area contributed by atoms with Crippen LogP contribution >= 0.6 is 22.9 Å². The quantitative estimate of drug-likeness (QED) is 0.401. The predicted molar refractivity (Wildman–Crippen MR) is 125 cm³/mol. The number of benzene rings is 3. The summed E-state index contributed by atoms with van der Waals surface area (Å²) < 4.78 is 8.28. The van der Waals surface area contributed by atoms with Gasteiger partial charge in [0.05, 0.1) is 23.6 Å². The summed E-state index contributed by atoms with van der Waals surface area (Å²) in [5.74, 6) is 0.863. The lowest BCUT2D eigenvalue weighted by Crippen LogP contribution is -2.29. The number of rotatable bonds is 3. The lowest BCUT2D eigenvalue weighted by molar-refractivity contribution is 0.312. The van der Waals surface area contributed by atoms with Crippen LogP contribution in [-0.4, -0.2) is 24.8 Å². The maximum absolute atomic E-state index is 6.52. The van der Waals surface area contributed by atoms with Crippen LogP contribution in [0.5, 0.6) is 5.75 Å². The molecule has 3 aromatic carbocycles. The molecule has 1 aliphatic rings. The zero-order valence-corrected chi connectivity index (χ0v) is 18.0. The van der Waals surface area contributed by atoms with Crippen molar-refractivity contribution in [1.82, 2.24) is 4.57 Å². The van der Waals surface area contributed by atoms with Gasteiger partial charge in [-0.3, -0.25) is 4.57 Å². The Morgan fingerprint density at radius 1 is 1.00 bits per heavy atom. The average molecular weight is 434 g/mol. The van der Waals surface area contributed by atoms with E-state index in [4.69, 9.17) is 21.3 Å². The fourth-order valence-corrected chi connectivity index (χ4v) is 4.76. The van der Waals surface area contributed by atoms with Gasteiger partial charge in [0, 0.05) is 28.7 Å². The predicted octanol–water partition coefficient (Wildman–Crippen LogP) is 5.92. The van der Waals surface area contributed by atoms with Gasteiger partial charge in [-0.1, -0.05) is 48.0 Å². The number of hydrogen-bond acceptors (Lipinski definition) is 4. The maximum atomic E-state index is 6.52. The molecule has 0 atom stereocenters. The Balaban J connectivity index is 1.78. The number of ether oxygens (including phenoxy) is 1. The molecule has 4 aromatic rings. The molecule has 150 valence electrons. The molecule has 6 heteroatoms. The molecule has 0 radical (unpaired) electrons. The van der Waals surface area contributed by atoms with Gasteiger partial charge in [-0.25, -0.2) is 4.99 Å². The second-order valence-corrected chi connectivity index (χ2v) is 8.37. The lowest BCUT2D eigenvalue weighted by Gasteiger charge is -2.29. The minimum Gasteiger partial charge on any atom is -0.489 e. The minimum absolute atomic E-state index is 0.648. The van der Waals surface area contributed by atoms with E-state index in [1.165, 1.54) is 0 Å². The third-order valence-electron chi connectivity index (χ3n) is 5.10. The van der Waals surface area contributed by atoms with Crippen LogP contribution in [-0.2, 0) is 0 Å². The molecule has 30 heavy (non-hydrogen) atoms. The van der Waals surface area contributed by atoms with Crippen LogP contribution in [0.1, 0.15) is 0 Å². The number of fused-ring (bicyclic) bond motifs is 1. The number of anilines is 1. The normalized spacial score (nSPS) is 13.8. The summed E-state index contributed by atoms with van der Waals surface area (Å²) in [6.45, 7) is 1.48. The Labute approximate surface area is 184 Å². The highest BCUT2D eigenvalue weighted by Gasteiger charge is 2.23. The molecule has 0 unspecified atom stereocenters. The molecular formula is C24H20ClN3OS. The summed E-state index contributed by atoms with van der Waals surface area (Å²) in [6.07, 6.45) is 0. The zero-order valence-electron chi connectivity index (χ0n) is 16.5. The lowest BCUT2D eigenvalue weighted by atomic mass is 10.1. The number of hydrogen-bond donors (Lipinski definition) is 0. The molecule has 4 nitrogen and oxygen atoms in total.